The number of esters is 1. The molecule has 2 aromatic carbocycles. The molecule has 0 aliphatic carbocycles. The van der Waals surface area contributed by atoms with E-state index in [1.807, 2.05) is 24.4 Å². The number of methoxy groups -OCH3 is 1. The van der Waals surface area contributed by atoms with Crippen LogP contribution in [0.5, 0.6) is 5.75 Å². The van der Waals surface area contributed by atoms with E-state index in [9.17, 15) is 33.9 Å². The Kier molecular flexibility index (Phi) is 14.4. The molecule has 17 heteroatoms. The Bertz CT molecular complexity index is 2570. The molecular weight excluding hydrogens is 857 g/mol. The second-order valence-electron chi connectivity index (χ2n) is 19.3. The summed E-state index contributed by atoms with van der Waals surface area (Å²) >= 11 is 0. The Balaban J connectivity index is 1.27. The number of carbonyl (C=O) groups excluding carboxylic acids is 6. The van der Waals surface area contributed by atoms with E-state index in [0.29, 0.717) is 43.5 Å². The normalized spacial score (nSPS) is 19.9. The summed E-state index contributed by atoms with van der Waals surface area (Å²) in [7, 11) is 4.62. The molecule has 0 spiro atoms. The van der Waals surface area contributed by atoms with Crippen molar-refractivity contribution in [2.75, 3.05) is 47.4 Å². The van der Waals surface area contributed by atoms with Gasteiger partial charge in [-0.25, -0.2) is 5.43 Å². The number of hydrogen-bond acceptors (Lipinski definition) is 11. The molecule has 7 rings (SSSR count). The number of nitrogens with zero attached hydrogens (tertiary/aromatic N) is 6. The molecule has 4 atom stereocenters. The SMILES string of the molecule is CCn1c(-c2cnccc2COC)c2c3cc(ccc31)-c1cc(O)cc(c1)C[C@H](NC(=O)[C@H](C(C)C)N(C)C(=O)CN(C)C(=O)[C@H]1CN1C(C)=O)C(=O)N1CCC[C@H](N1)C(=O)OCC(C)(C)C2. The van der Waals surface area contributed by atoms with Crippen LogP contribution in [-0.2, 0) is 64.2 Å². The Labute approximate surface area is 391 Å². The van der Waals surface area contributed by atoms with Gasteiger partial charge in [0.2, 0.25) is 23.6 Å². The molecule has 358 valence electrons. The minimum Gasteiger partial charge on any atom is -0.508 e. The predicted octanol–water partition coefficient (Wildman–Crippen LogP) is 4.06. The Morgan fingerprint density at radius 2 is 1.84 bits per heavy atom. The summed E-state index contributed by atoms with van der Waals surface area (Å²) in [6, 6.07) is 9.55. The van der Waals surface area contributed by atoms with Crippen molar-refractivity contribution in [2.24, 2.45) is 11.3 Å². The van der Waals surface area contributed by atoms with Crippen LogP contribution in [0.15, 0.2) is 54.9 Å². The maximum atomic E-state index is 14.7. The van der Waals surface area contributed by atoms with Crippen LogP contribution in [0, 0.1) is 11.3 Å². The minimum atomic E-state index is -1.21. The van der Waals surface area contributed by atoms with Gasteiger partial charge in [0, 0.05) is 81.9 Å². The standard InChI is InChI=1S/C50H64N8O9/c1-10-56-41-14-13-32-22-36(41)37(45(56)38-24-51-16-15-33(38)27-66-9)23-50(5,6)28-67-49(65)39-12-11-17-58(53-39)47(63)40(20-31-18-34(32)21-35(60)19-31)52-46(62)44(29(2)3)55(8)43(61)26-54(7)48(64)42-25-57(42)30(4)59/h13-16,18-19,21-22,24,29,39-40,42,44,53,60H,10-12,17,20,23,25-28H2,1-9H3,(H,52,62)/t39-,40-,42+,44-,57?/m0/s1. The van der Waals surface area contributed by atoms with Crippen molar-refractivity contribution in [1.82, 2.24) is 40.0 Å². The van der Waals surface area contributed by atoms with Gasteiger partial charge in [-0.2, -0.15) is 0 Å². The van der Waals surface area contributed by atoms with E-state index in [4.69, 9.17) is 9.47 Å². The van der Waals surface area contributed by atoms with Crippen LogP contribution in [0.1, 0.15) is 71.1 Å². The summed E-state index contributed by atoms with van der Waals surface area (Å²) in [4.78, 5) is 90.0. The summed E-state index contributed by atoms with van der Waals surface area (Å²) < 4.78 is 14.0. The molecule has 2 fully saturated rings. The zero-order chi connectivity index (χ0) is 48.5. The van der Waals surface area contributed by atoms with Gasteiger partial charge in [-0.1, -0.05) is 39.8 Å². The molecule has 0 saturated carbocycles. The number of rotatable bonds is 11. The predicted molar refractivity (Wildman–Crippen MR) is 251 cm³/mol. The number of hydrogen-bond donors (Lipinski definition) is 3. The van der Waals surface area contributed by atoms with E-state index < -0.39 is 59.2 Å². The van der Waals surface area contributed by atoms with Crippen molar-refractivity contribution in [2.45, 2.75) is 105 Å². The first kappa shape index (κ1) is 48.6. The number of likely N-dealkylation sites (N-methyl/N-ethyl adjacent to an activating group) is 2. The molecule has 4 aromatic rings. The molecule has 3 aliphatic rings. The van der Waals surface area contributed by atoms with Gasteiger partial charge in [0.1, 0.15) is 29.9 Å². The number of aryl methyl sites for hydroxylation is 1. The van der Waals surface area contributed by atoms with Crippen LogP contribution in [0.3, 0.4) is 0 Å². The average molecular weight is 921 g/mol. The third-order valence-electron chi connectivity index (χ3n) is 13.1. The Morgan fingerprint density at radius 3 is 2.52 bits per heavy atom. The van der Waals surface area contributed by atoms with Gasteiger partial charge in [-0.3, -0.25) is 38.8 Å². The highest BCUT2D eigenvalue weighted by molar-refractivity contribution is 5.97. The Hall–Kier alpha value is -6.33. The molecule has 17 nitrogen and oxygen atoms in total. The van der Waals surface area contributed by atoms with E-state index in [-0.39, 0.29) is 50.2 Å². The zero-order valence-electron chi connectivity index (χ0n) is 40.1. The molecule has 2 saturated heterocycles. The summed E-state index contributed by atoms with van der Waals surface area (Å²) in [5.41, 5.74) is 9.55. The van der Waals surface area contributed by atoms with Gasteiger partial charge in [-0.05, 0) is 90.3 Å². The van der Waals surface area contributed by atoms with Crippen LogP contribution in [0.2, 0.25) is 0 Å². The molecule has 6 bridgehead atoms. The molecule has 3 aliphatic heterocycles. The quantitative estimate of drug-likeness (QED) is 0.145. The van der Waals surface area contributed by atoms with Crippen LogP contribution < -0.4 is 10.7 Å². The van der Waals surface area contributed by atoms with E-state index in [0.717, 1.165) is 38.9 Å². The van der Waals surface area contributed by atoms with Crippen molar-refractivity contribution in [3.63, 3.8) is 0 Å². The maximum absolute atomic E-state index is 14.7. The third kappa shape index (κ3) is 10.5. The maximum Gasteiger partial charge on any atom is 0.324 e. The highest BCUT2D eigenvalue weighted by Gasteiger charge is 2.45. The molecule has 3 N–H and O–H groups in total. The van der Waals surface area contributed by atoms with Gasteiger partial charge in [-0.15, -0.1) is 0 Å². The monoisotopic (exact) mass is 920 g/mol. The summed E-state index contributed by atoms with van der Waals surface area (Å²) in [6.07, 6.45) is 5.01. The number of aromatic hydroxyl groups is 1. The number of fused-ring (bicyclic) bond motifs is 6. The number of benzene rings is 2. The smallest absolute Gasteiger partial charge is 0.324 e. The largest absolute Gasteiger partial charge is 0.508 e. The van der Waals surface area contributed by atoms with Crippen LogP contribution >= 0.6 is 0 Å². The number of amides is 5. The number of nitrogens with one attached hydrogen (secondary N) is 2. The lowest BCUT2D eigenvalue weighted by molar-refractivity contribution is -0.155. The number of hydrazine groups is 1. The van der Waals surface area contributed by atoms with Crippen LogP contribution in [-0.4, -0.2) is 141 Å². The molecule has 67 heavy (non-hydrogen) atoms. The summed E-state index contributed by atoms with van der Waals surface area (Å²) in [5, 5.41) is 16.6. The van der Waals surface area contributed by atoms with E-state index in [1.165, 1.54) is 40.7 Å². The van der Waals surface area contributed by atoms with Crippen LogP contribution in [0.25, 0.3) is 33.3 Å². The zero-order valence-corrected chi connectivity index (χ0v) is 40.1. The van der Waals surface area contributed by atoms with Gasteiger partial charge in [0.15, 0.2) is 0 Å². The van der Waals surface area contributed by atoms with Gasteiger partial charge >= 0.3 is 5.97 Å². The second kappa shape index (κ2) is 19.9. The van der Waals surface area contributed by atoms with Crippen molar-refractivity contribution >= 4 is 46.4 Å². The number of pyridine rings is 1. The topological polar surface area (TPSA) is 196 Å². The summed E-state index contributed by atoms with van der Waals surface area (Å²) in [6.45, 7) is 12.5. The number of carbonyl (C=O) groups is 6. The van der Waals surface area contributed by atoms with Crippen molar-refractivity contribution < 1.29 is 43.3 Å². The Morgan fingerprint density at radius 1 is 1.07 bits per heavy atom. The fraction of sp³-hybridized carbons (Fsp3) is 0.500. The second-order valence-corrected chi connectivity index (χ2v) is 19.3. The lowest BCUT2D eigenvalue weighted by Gasteiger charge is -2.37. The van der Waals surface area contributed by atoms with Gasteiger partial charge < -0.3 is 39.2 Å². The van der Waals surface area contributed by atoms with Gasteiger partial charge in [0.05, 0.1) is 32.0 Å². The van der Waals surface area contributed by atoms with Crippen molar-refractivity contribution in [1.29, 1.82) is 0 Å². The number of aromatic nitrogens is 2. The fourth-order valence-corrected chi connectivity index (χ4v) is 9.61. The summed E-state index contributed by atoms with van der Waals surface area (Å²) in [5.74, 6) is -3.18. The van der Waals surface area contributed by atoms with E-state index in [2.05, 4.69) is 53.2 Å². The first-order valence-electron chi connectivity index (χ1n) is 23.0. The molecule has 2 aromatic heterocycles. The lowest BCUT2D eigenvalue weighted by atomic mass is 9.84. The molecular formula is C50H64N8O9. The van der Waals surface area contributed by atoms with Gasteiger partial charge in [0.25, 0.3) is 5.91 Å². The lowest BCUT2D eigenvalue weighted by Crippen LogP contribution is -2.62. The minimum absolute atomic E-state index is 0.0344. The highest BCUT2D eigenvalue weighted by atomic mass is 16.5. The molecule has 5 heterocycles. The highest BCUT2D eigenvalue weighted by Crippen LogP contribution is 2.41. The molecule has 0 unspecified atom stereocenters. The average Bonchev–Trinajstić information content (AvgIpc) is 4.05. The number of phenols is 1. The molecule has 0 radical (unpaired) electrons. The fourth-order valence-electron chi connectivity index (χ4n) is 9.61. The number of cyclic esters (lactones) is 1. The third-order valence-corrected chi connectivity index (χ3v) is 13.1. The van der Waals surface area contributed by atoms with E-state index >= 15 is 0 Å². The number of ether oxygens (including phenoxy) is 2. The van der Waals surface area contributed by atoms with Crippen molar-refractivity contribution in [3.8, 4) is 28.1 Å². The number of phenolic OH excluding ortho intramolecular Hbond substituents is 1. The first-order chi connectivity index (χ1) is 31.8. The van der Waals surface area contributed by atoms with Crippen LogP contribution in [0.4, 0.5) is 0 Å². The first-order valence-corrected chi connectivity index (χ1v) is 23.0. The van der Waals surface area contributed by atoms with Crippen molar-refractivity contribution in [3.05, 3.63) is 71.5 Å². The molecule has 5 amide bonds. The van der Waals surface area contributed by atoms with E-state index in [1.54, 1.807) is 39.3 Å².